The average molecular weight is 271 g/mol. The van der Waals surface area contributed by atoms with E-state index in [1.54, 1.807) is 17.0 Å². The van der Waals surface area contributed by atoms with Gasteiger partial charge in [-0.25, -0.2) is 4.79 Å². The maximum Gasteiger partial charge on any atom is 0.352 e. The summed E-state index contributed by atoms with van der Waals surface area (Å²) < 4.78 is 12.6. The molecule has 2 unspecified atom stereocenters. The van der Waals surface area contributed by atoms with Crippen molar-refractivity contribution in [2.24, 2.45) is 0 Å². The van der Waals surface area contributed by atoms with E-state index in [-0.39, 0.29) is 17.5 Å². The fourth-order valence-corrected chi connectivity index (χ4v) is 2.36. The molecule has 1 rings (SSSR count). The molecule has 18 heavy (non-hydrogen) atoms. The lowest BCUT2D eigenvalue weighted by atomic mass is 10.2. The highest BCUT2D eigenvalue weighted by Crippen LogP contribution is 2.19. The average Bonchev–Trinajstić information content (AvgIpc) is 2.70. The third-order valence-corrected chi connectivity index (χ3v) is 3.58. The van der Waals surface area contributed by atoms with Gasteiger partial charge in [0.1, 0.15) is 5.69 Å². The van der Waals surface area contributed by atoms with Crippen molar-refractivity contribution in [2.45, 2.75) is 26.3 Å². The van der Waals surface area contributed by atoms with Gasteiger partial charge >= 0.3 is 5.97 Å². The first kappa shape index (κ1) is 14.6. The molecule has 100 valence electrons. The molecule has 0 saturated heterocycles. The van der Waals surface area contributed by atoms with Crippen molar-refractivity contribution < 1.29 is 18.9 Å². The molecule has 1 N–H and O–H groups in total. The Morgan fingerprint density at radius 2 is 2.11 bits per heavy atom. The smallest absolute Gasteiger partial charge is 0.352 e. The van der Waals surface area contributed by atoms with Crippen molar-refractivity contribution in [3.63, 3.8) is 0 Å². The molecule has 0 aromatic carbocycles. The lowest BCUT2D eigenvalue weighted by Gasteiger charge is -2.15. The van der Waals surface area contributed by atoms with Crippen LogP contribution in [0.2, 0.25) is 0 Å². The number of aromatic carboxylic acids is 1. The van der Waals surface area contributed by atoms with E-state index in [0.29, 0.717) is 17.7 Å². The summed E-state index contributed by atoms with van der Waals surface area (Å²) in [6.07, 6.45) is 3.77. The number of hydrogen-bond donors (Lipinski definition) is 1. The molecule has 0 amide bonds. The van der Waals surface area contributed by atoms with Gasteiger partial charge in [0.15, 0.2) is 5.78 Å². The first-order valence-corrected chi connectivity index (χ1v) is 7.31. The zero-order valence-corrected chi connectivity index (χ0v) is 11.5. The van der Waals surface area contributed by atoms with Crippen molar-refractivity contribution in [1.29, 1.82) is 0 Å². The highest BCUT2D eigenvalue weighted by molar-refractivity contribution is 7.84. The molecule has 0 aliphatic heterocycles. The molecule has 0 aliphatic rings. The summed E-state index contributed by atoms with van der Waals surface area (Å²) in [4.78, 5) is 22.4. The van der Waals surface area contributed by atoms with Crippen LogP contribution in [0.1, 0.15) is 47.2 Å². The van der Waals surface area contributed by atoms with Crippen molar-refractivity contribution in [3.8, 4) is 0 Å². The minimum atomic E-state index is -1.06. The number of Topliss-reactive ketones (excluding diaryl/α,β-unsaturated/α-hetero) is 1. The third-order valence-electron chi connectivity index (χ3n) is 2.77. The van der Waals surface area contributed by atoms with Gasteiger partial charge < -0.3 is 9.67 Å². The van der Waals surface area contributed by atoms with Crippen LogP contribution in [0.3, 0.4) is 0 Å². The number of nitrogens with zero attached hydrogens (tertiary/aromatic N) is 1. The monoisotopic (exact) mass is 271 g/mol. The van der Waals surface area contributed by atoms with Crippen molar-refractivity contribution >= 4 is 22.6 Å². The molecule has 2 atom stereocenters. The summed E-state index contributed by atoms with van der Waals surface area (Å²) in [7, 11) is -0.907. The quantitative estimate of drug-likeness (QED) is 0.799. The van der Waals surface area contributed by atoms with Crippen LogP contribution in [0.4, 0.5) is 0 Å². The molecule has 5 nitrogen and oxygen atoms in total. The first-order chi connectivity index (χ1) is 8.32. The Labute approximate surface area is 108 Å². The van der Waals surface area contributed by atoms with Crippen LogP contribution in [0, 0.1) is 0 Å². The van der Waals surface area contributed by atoms with Gasteiger partial charge in [-0.1, -0.05) is 0 Å². The number of carbonyl (C=O) groups excluding carboxylic acids is 1. The van der Waals surface area contributed by atoms with Crippen LogP contribution >= 0.6 is 0 Å². The van der Waals surface area contributed by atoms with Gasteiger partial charge in [0, 0.05) is 40.6 Å². The summed E-state index contributed by atoms with van der Waals surface area (Å²) in [6, 6.07) is 1.28. The second-order valence-electron chi connectivity index (χ2n) is 4.30. The van der Waals surface area contributed by atoms with Crippen LogP contribution in [0.15, 0.2) is 12.3 Å². The third kappa shape index (κ3) is 3.53. The molecular weight excluding hydrogens is 254 g/mol. The SMILES string of the molecule is CC(=O)c1cc(C(=O)O)n(C(C)CCS(C)=O)c1. The predicted molar refractivity (Wildman–Crippen MR) is 69.7 cm³/mol. The molecule has 0 saturated carbocycles. The van der Waals surface area contributed by atoms with E-state index in [4.69, 9.17) is 5.11 Å². The van der Waals surface area contributed by atoms with E-state index >= 15 is 0 Å². The molecular formula is C12H17NO4S. The van der Waals surface area contributed by atoms with Gasteiger partial charge in [-0.05, 0) is 26.3 Å². The predicted octanol–water partition coefficient (Wildman–Crippen LogP) is 1.72. The number of hydrogen-bond acceptors (Lipinski definition) is 3. The van der Waals surface area contributed by atoms with Crippen LogP contribution in [0.25, 0.3) is 0 Å². The molecule has 0 spiro atoms. The van der Waals surface area contributed by atoms with Crippen molar-refractivity contribution in [3.05, 3.63) is 23.5 Å². The number of carboxylic acids is 1. The number of ketones is 1. The molecule has 1 aromatic heterocycles. The fourth-order valence-electron chi connectivity index (χ4n) is 1.68. The lowest BCUT2D eigenvalue weighted by molar-refractivity contribution is 0.0682. The summed E-state index contributed by atoms with van der Waals surface area (Å²) in [5.74, 6) is -0.720. The highest BCUT2D eigenvalue weighted by Gasteiger charge is 2.18. The molecule has 6 heteroatoms. The molecule has 1 aromatic rings. The largest absolute Gasteiger partial charge is 0.477 e. The topological polar surface area (TPSA) is 76.4 Å². The standard InChI is InChI=1S/C12H17NO4S/c1-8(4-5-18(3)17)13-7-10(9(2)14)6-11(13)12(15)16/h6-8H,4-5H2,1-3H3,(H,15,16). The maximum absolute atomic E-state index is 11.3. The highest BCUT2D eigenvalue weighted by atomic mass is 32.2. The molecule has 0 radical (unpaired) electrons. The minimum Gasteiger partial charge on any atom is -0.477 e. The Hall–Kier alpha value is -1.43. The Morgan fingerprint density at radius 3 is 2.56 bits per heavy atom. The second-order valence-corrected chi connectivity index (χ2v) is 5.85. The van der Waals surface area contributed by atoms with E-state index in [1.807, 2.05) is 6.92 Å². The Bertz CT molecular complexity index is 492. The Kier molecular flexibility index (Phi) is 4.84. The van der Waals surface area contributed by atoms with E-state index < -0.39 is 16.8 Å². The van der Waals surface area contributed by atoms with Crippen LogP contribution in [-0.4, -0.2) is 37.6 Å². The first-order valence-electron chi connectivity index (χ1n) is 5.59. The van der Waals surface area contributed by atoms with Gasteiger partial charge in [-0.3, -0.25) is 9.00 Å². The van der Waals surface area contributed by atoms with E-state index in [1.165, 1.54) is 13.0 Å². The number of carboxylic acid groups (broad SMARTS) is 1. The normalized spacial score (nSPS) is 14.2. The molecule has 1 heterocycles. The lowest BCUT2D eigenvalue weighted by Crippen LogP contribution is -2.14. The van der Waals surface area contributed by atoms with Gasteiger partial charge in [0.25, 0.3) is 0 Å². The molecule has 0 bridgehead atoms. The summed E-state index contributed by atoms with van der Waals surface area (Å²) in [6.45, 7) is 3.25. The van der Waals surface area contributed by atoms with Gasteiger partial charge in [-0.2, -0.15) is 0 Å². The Balaban J connectivity index is 3.01. The van der Waals surface area contributed by atoms with Gasteiger partial charge in [0.05, 0.1) is 0 Å². The van der Waals surface area contributed by atoms with E-state index in [2.05, 4.69) is 0 Å². The summed E-state index contributed by atoms with van der Waals surface area (Å²) >= 11 is 0. The fraction of sp³-hybridized carbons (Fsp3) is 0.500. The minimum absolute atomic E-state index is 0.0922. The second kappa shape index (κ2) is 5.95. The van der Waals surface area contributed by atoms with Crippen molar-refractivity contribution in [2.75, 3.05) is 12.0 Å². The molecule has 0 fully saturated rings. The van der Waals surface area contributed by atoms with Crippen LogP contribution in [0.5, 0.6) is 0 Å². The van der Waals surface area contributed by atoms with E-state index in [9.17, 15) is 13.8 Å². The number of rotatable bonds is 6. The van der Waals surface area contributed by atoms with Crippen LogP contribution < -0.4 is 0 Å². The number of carbonyl (C=O) groups is 2. The van der Waals surface area contributed by atoms with E-state index in [0.717, 1.165) is 0 Å². The van der Waals surface area contributed by atoms with Crippen LogP contribution in [-0.2, 0) is 10.8 Å². The van der Waals surface area contributed by atoms with Crippen molar-refractivity contribution in [1.82, 2.24) is 4.57 Å². The van der Waals surface area contributed by atoms with Gasteiger partial charge in [-0.15, -0.1) is 0 Å². The zero-order valence-electron chi connectivity index (χ0n) is 10.7. The number of aromatic nitrogens is 1. The molecule has 0 aliphatic carbocycles. The Morgan fingerprint density at radius 1 is 1.50 bits per heavy atom. The van der Waals surface area contributed by atoms with Gasteiger partial charge in [0.2, 0.25) is 0 Å². The zero-order chi connectivity index (χ0) is 13.9. The summed E-state index contributed by atoms with van der Waals surface area (Å²) in [5.41, 5.74) is 0.478. The summed E-state index contributed by atoms with van der Waals surface area (Å²) in [5, 5.41) is 9.09. The maximum atomic E-state index is 11.3.